The standard InChI is InChI=1S/C34H48INO2Si/c1-8-10-12-13-14-16-21-38-31-25-30(36-32(35)26-31)19-18-28-23-27(17-15-11-9-2)24-29(33(28)37)20-22-39(6,7)34(3,4)5/h23-26,37H,8-17,21H2,1-7H3. The molecule has 0 amide bonds. The molecule has 0 saturated heterocycles. The molecule has 1 aromatic carbocycles. The van der Waals surface area contributed by atoms with E-state index >= 15 is 0 Å². The number of hydrogen-bond acceptors (Lipinski definition) is 3. The first-order valence-corrected chi connectivity index (χ1v) is 18.8. The lowest BCUT2D eigenvalue weighted by Gasteiger charge is -2.31. The predicted octanol–water partition coefficient (Wildman–Crippen LogP) is 9.66. The highest BCUT2D eigenvalue weighted by Gasteiger charge is 2.33. The Morgan fingerprint density at radius 2 is 1.46 bits per heavy atom. The topological polar surface area (TPSA) is 42.4 Å². The molecule has 0 atom stereocenters. The van der Waals surface area contributed by atoms with Crippen LogP contribution in [0.1, 0.15) is 115 Å². The average Bonchev–Trinajstić information content (AvgIpc) is 2.86. The fourth-order valence-electron chi connectivity index (χ4n) is 3.84. The first-order chi connectivity index (χ1) is 18.5. The third-order valence-electron chi connectivity index (χ3n) is 7.48. The van der Waals surface area contributed by atoms with Gasteiger partial charge in [0.15, 0.2) is 0 Å². The number of aromatic nitrogens is 1. The number of halogens is 1. The van der Waals surface area contributed by atoms with Crippen molar-refractivity contribution in [2.45, 2.75) is 117 Å². The minimum Gasteiger partial charge on any atom is -0.505 e. The molecule has 1 aromatic heterocycles. The number of hydrogen-bond donors (Lipinski definition) is 1. The molecule has 0 radical (unpaired) electrons. The maximum atomic E-state index is 11.2. The smallest absolute Gasteiger partial charge is 0.146 e. The summed E-state index contributed by atoms with van der Waals surface area (Å²) in [5.41, 5.74) is 6.66. The van der Waals surface area contributed by atoms with Crippen LogP contribution in [0.25, 0.3) is 0 Å². The molecule has 0 aliphatic carbocycles. The Kier molecular flexibility index (Phi) is 13.9. The molecular formula is C34H48INO2Si. The normalized spacial score (nSPS) is 11.4. The summed E-state index contributed by atoms with van der Waals surface area (Å²) >= 11 is 2.21. The number of phenolic OH excluding ortho intramolecular Hbond substituents is 1. The van der Waals surface area contributed by atoms with Crippen molar-refractivity contribution in [2.24, 2.45) is 0 Å². The highest BCUT2D eigenvalue weighted by Crippen LogP contribution is 2.35. The molecule has 1 heterocycles. The van der Waals surface area contributed by atoms with Gasteiger partial charge in [0, 0.05) is 12.1 Å². The molecule has 0 aliphatic rings. The summed E-state index contributed by atoms with van der Waals surface area (Å²) in [5.74, 6) is 10.7. The van der Waals surface area contributed by atoms with Gasteiger partial charge in [-0.25, -0.2) is 4.98 Å². The summed E-state index contributed by atoms with van der Waals surface area (Å²) < 4.78 is 6.86. The van der Waals surface area contributed by atoms with E-state index in [1.54, 1.807) is 0 Å². The molecule has 0 bridgehead atoms. The number of aryl methyl sites for hydroxylation is 1. The highest BCUT2D eigenvalue weighted by atomic mass is 127. The molecule has 0 aliphatic heterocycles. The number of pyridine rings is 1. The number of ether oxygens (including phenoxy) is 1. The Balaban J connectivity index is 2.30. The summed E-state index contributed by atoms with van der Waals surface area (Å²) in [4.78, 5) is 4.59. The van der Waals surface area contributed by atoms with Gasteiger partial charge in [-0.3, -0.25) is 0 Å². The van der Waals surface area contributed by atoms with Gasteiger partial charge in [0.05, 0.1) is 17.7 Å². The van der Waals surface area contributed by atoms with Crippen LogP contribution in [0.15, 0.2) is 24.3 Å². The lowest BCUT2D eigenvalue weighted by atomic mass is 10.00. The van der Waals surface area contributed by atoms with Gasteiger partial charge in [-0.05, 0) is 70.5 Å². The number of aromatic hydroxyl groups is 1. The van der Waals surface area contributed by atoms with Crippen LogP contribution in [0, 0.1) is 27.0 Å². The Labute approximate surface area is 253 Å². The quantitative estimate of drug-likeness (QED) is 0.0813. The molecule has 2 aromatic rings. The van der Waals surface area contributed by atoms with Gasteiger partial charge in [-0.1, -0.05) is 104 Å². The maximum Gasteiger partial charge on any atom is 0.146 e. The van der Waals surface area contributed by atoms with Crippen molar-refractivity contribution in [3.63, 3.8) is 0 Å². The van der Waals surface area contributed by atoms with Crippen LogP contribution >= 0.6 is 22.6 Å². The number of nitrogens with zero attached hydrogens (tertiary/aromatic N) is 1. The summed E-state index contributed by atoms with van der Waals surface area (Å²) in [5, 5.41) is 11.3. The fourth-order valence-corrected chi connectivity index (χ4v) is 5.23. The van der Waals surface area contributed by atoms with E-state index in [9.17, 15) is 5.11 Å². The van der Waals surface area contributed by atoms with Crippen molar-refractivity contribution >= 4 is 30.7 Å². The van der Waals surface area contributed by atoms with Crippen molar-refractivity contribution in [1.29, 1.82) is 0 Å². The van der Waals surface area contributed by atoms with Gasteiger partial charge in [0.25, 0.3) is 0 Å². The van der Waals surface area contributed by atoms with E-state index in [1.807, 2.05) is 24.3 Å². The lowest BCUT2D eigenvalue weighted by Crippen LogP contribution is -2.35. The second-order valence-corrected chi connectivity index (χ2v) is 18.1. The summed E-state index contributed by atoms with van der Waals surface area (Å²) in [6.07, 6.45) is 11.8. The Morgan fingerprint density at radius 3 is 2.13 bits per heavy atom. The second-order valence-electron chi connectivity index (χ2n) is 12.0. The van der Waals surface area contributed by atoms with Crippen molar-refractivity contribution in [3.8, 4) is 34.8 Å². The number of rotatable bonds is 12. The molecule has 0 saturated carbocycles. The van der Waals surface area contributed by atoms with Crippen LogP contribution < -0.4 is 4.74 Å². The van der Waals surface area contributed by atoms with Gasteiger partial charge >= 0.3 is 0 Å². The number of unbranched alkanes of at least 4 members (excludes halogenated alkanes) is 7. The average molecular weight is 658 g/mol. The zero-order chi connectivity index (χ0) is 28.9. The molecule has 0 spiro atoms. The van der Waals surface area contributed by atoms with Crippen molar-refractivity contribution in [3.05, 3.63) is 50.4 Å². The molecule has 2 rings (SSSR count). The van der Waals surface area contributed by atoms with E-state index in [0.29, 0.717) is 23.4 Å². The van der Waals surface area contributed by atoms with Crippen molar-refractivity contribution < 1.29 is 9.84 Å². The van der Waals surface area contributed by atoms with Crippen LogP contribution in [0.3, 0.4) is 0 Å². The molecular weight excluding hydrogens is 609 g/mol. The number of benzene rings is 1. The molecule has 1 N–H and O–H groups in total. The van der Waals surface area contributed by atoms with Crippen LogP contribution in [-0.4, -0.2) is 24.8 Å². The third-order valence-corrected chi connectivity index (χ3v) is 12.5. The van der Waals surface area contributed by atoms with Crippen molar-refractivity contribution in [2.75, 3.05) is 6.61 Å². The minimum absolute atomic E-state index is 0.155. The first-order valence-electron chi connectivity index (χ1n) is 14.7. The van der Waals surface area contributed by atoms with Crippen LogP contribution in [-0.2, 0) is 6.42 Å². The zero-order valence-electron chi connectivity index (χ0n) is 25.3. The minimum atomic E-state index is -1.82. The molecule has 0 fully saturated rings. The van der Waals surface area contributed by atoms with E-state index in [0.717, 1.165) is 28.7 Å². The molecule has 5 heteroatoms. The second kappa shape index (κ2) is 16.3. The molecule has 3 nitrogen and oxygen atoms in total. The van der Waals surface area contributed by atoms with E-state index in [1.165, 1.54) is 50.5 Å². The molecule has 212 valence electrons. The molecule has 0 unspecified atom stereocenters. The van der Waals surface area contributed by atoms with Crippen LogP contribution in [0.4, 0.5) is 0 Å². The highest BCUT2D eigenvalue weighted by molar-refractivity contribution is 14.1. The molecule has 39 heavy (non-hydrogen) atoms. The first kappa shape index (κ1) is 33.2. The SMILES string of the molecule is CCCCCCCCOc1cc(I)nc(C#Cc2cc(CCCCC)cc(C#C[Si](C)(C)C(C)(C)C)c2O)c1. The maximum absolute atomic E-state index is 11.2. The van der Waals surface area contributed by atoms with E-state index in [2.05, 4.69) is 98.6 Å². The van der Waals surface area contributed by atoms with Crippen LogP contribution in [0.2, 0.25) is 18.1 Å². The van der Waals surface area contributed by atoms with Gasteiger partial charge in [-0.15, -0.1) is 5.54 Å². The monoisotopic (exact) mass is 657 g/mol. The van der Waals surface area contributed by atoms with Gasteiger partial charge in [-0.2, -0.15) is 0 Å². The fraction of sp³-hybridized carbons (Fsp3) is 0.559. The summed E-state index contributed by atoms with van der Waals surface area (Å²) in [6.45, 7) is 16.5. The van der Waals surface area contributed by atoms with E-state index in [-0.39, 0.29) is 10.8 Å². The Hall–Kier alpha value is -1.96. The van der Waals surface area contributed by atoms with Gasteiger partial charge in [0.1, 0.15) is 29.0 Å². The largest absolute Gasteiger partial charge is 0.505 e. The predicted molar refractivity (Wildman–Crippen MR) is 177 cm³/mol. The van der Waals surface area contributed by atoms with Gasteiger partial charge in [0.2, 0.25) is 0 Å². The van der Waals surface area contributed by atoms with Crippen LogP contribution in [0.5, 0.6) is 11.5 Å². The lowest BCUT2D eigenvalue weighted by molar-refractivity contribution is 0.303. The van der Waals surface area contributed by atoms with E-state index in [4.69, 9.17) is 4.74 Å². The summed E-state index contributed by atoms with van der Waals surface area (Å²) in [6, 6.07) is 7.91. The zero-order valence-corrected chi connectivity index (χ0v) is 28.4. The van der Waals surface area contributed by atoms with E-state index < -0.39 is 8.07 Å². The third kappa shape index (κ3) is 11.6. The Bertz CT molecular complexity index is 1190. The van der Waals surface area contributed by atoms with Crippen molar-refractivity contribution in [1.82, 2.24) is 4.98 Å². The van der Waals surface area contributed by atoms with Gasteiger partial charge < -0.3 is 9.84 Å². The summed E-state index contributed by atoms with van der Waals surface area (Å²) in [7, 11) is -1.82. The Morgan fingerprint density at radius 1 is 0.846 bits per heavy atom. The number of phenols is 1.